The first-order chi connectivity index (χ1) is 13.5. The van der Waals surface area contributed by atoms with Crippen LogP contribution < -0.4 is 0 Å². The average molecular weight is 381 g/mol. The van der Waals surface area contributed by atoms with Crippen LogP contribution in [-0.2, 0) is 9.53 Å². The van der Waals surface area contributed by atoms with Gasteiger partial charge in [-0.3, -0.25) is 4.90 Å². The van der Waals surface area contributed by atoms with E-state index in [1.807, 2.05) is 31.2 Å². The molecule has 0 heterocycles. The van der Waals surface area contributed by atoms with E-state index in [9.17, 15) is 14.7 Å². The van der Waals surface area contributed by atoms with Crippen molar-refractivity contribution in [3.63, 3.8) is 0 Å². The van der Waals surface area contributed by atoms with Crippen LogP contribution in [-0.4, -0.2) is 41.3 Å². The molecular weight excluding hydrogens is 354 g/mol. The zero-order valence-corrected chi connectivity index (χ0v) is 16.6. The van der Waals surface area contributed by atoms with Crippen molar-refractivity contribution < 1.29 is 19.4 Å². The summed E-state index contributed by atoms with van der Waals surface area (Å²) in [6.07, 6.45) is 0.789. The maximum absolute atomic E-state index is 12.7. The summed E-state index contributed by atoms with van der Waals surface area (Å²) in [7, 11) is 1.52. The Bertz CT molecular complexity index is 833. The minimum absolute atomic E-state index is 0.0446. The molecule has 0 saturated heterocycles. The number of carbonyl (C=O) groups is 2. The van der Waals surface area contributed by atoms with E-state index in [2.05, 4.69) is 24.3 Å². The molecular formula is C23H27NO4. The Kier molecular flexibility index (Phi) is 5.73. The first kappa shape index (κ1) is 19.9. The summed E-state index contributed by atoms with van der Waals surface area (Å²) < 4.78 is 5.63. The predicted octanol–water partition coefficient (Wildman–Crippen LogP) is 4.90. The fourth-order valence-electron chi connectivity index (χ4n) is 4.26. The Balaban J connectivity index is 1.80. The fourth-order valence-corrected chi connectivity index (χ4v) is 4.26. The van der Waals surface area contributed by atoms with Gasteiger partial charge in [0.15, 0.2) is 0 Å². The van der Waals surface area contributed by atoms with Crippen LogP contribution in [0.2, 0.25) is 0 Å². The number of amides is 1. The maximum atomic E-state index is 12.7. The monoisotopic (exact) mass is 381 g/mol. The van der Waals surface area contributed by atoms with Crippen molar-refractivity contribution in [1.82, 2.24) is 4.90 Å². The Hall–Kier alpha value is -2.82. The number of carboxylic acid groups (broad SMARTS) is 1. The van der Waals surface area contributed by atoms with Crippen molar-refractivity contribution in [2.45, 2.75) is 44.6 Å². The lowest BCUT2D eigenvalue weighted by molar-refractivity contribution is -0.150. The van der Waals surface area contributed by atoms with E-state index in [0.29, 0.717) is 19.3 Å². The van der Waals surface area contributed by atoms with E-state index >= 15 is 0 Å². The van der Waals surface area contributed by atoms with Gasteiger partial charge in [-0.05, 0) is 35.1 Å². The summed E-state index contributed by atoms with van der Waals surface area (Å²) in [5.74, 6) is -1.04. The van der Waals surface area contributed by atoms with Gasteiger partial charge in [-0.2, -0.15) is 0 Å². The molecule has 1 amide bonds. The van der Waals surface area contributed by atoms with Crippen molar-refractivity contribution in [2.75, 3.05) is 13.7 Å². The summed E-state index contributed by atoms with van der Waals surface area (Å²) in [6, 6.07) is 16.3. The molecule has 0 radical (unpaired) electrons. The van der Waals surface area contributed by atoms with E-state index in [1.165, 1.54) is 11.9 Å². The number of ether oxygens (including phenoxy) is 1. The first-order valence-electron chi connectivity index (χ1n) is 9.78. The molecule has 2 aromatic carbocycles. The average Bonchev–Trinajstić information content (AvgIpc) is 3.03. The third-order valence-corrected chi connectivity index (χ3v) is 5.90. The second-order valence-corrected chi connectivity index (χ2v) is 7.30. The number of hydrogen-bond acceptors (Lipinski definition) is 3. The molecule has 0 spiro atoms. The molecule has 1 unspecified atom stereocenters. The summed E-state index contributed by atoms with van der Waals surface area (Å²) in [6.45, 7) is 3.89. The number of carboxylic acids is 1. The molecule has 0 aliphatic heterocycles. The number of rotatable bonds is 7. The van der Waals surface area contributed by atoms with Gasteiger partial charge in [0.25, 0.3) is 0 Å². The summed E-state index contributed by atoms with van der Waals surface area (Å²) in [4.78, 5) is 25.9. The van der Waals surface area contributed by atoms with E-state index < -0.39 is 17.6 Å². The summed E-state index contributed by atoms with van der Waals surface area (Å²) in [5, 5.41) is 9.76. The predicted molar refractivity (Wildman–Crippen MR) is 108 cm³/mol. The van der Waals surface area contributed by atoms with Crippen LogP contribution in [0.1, 0.15) is 50.2 Å². The Morgan fingerprint density at radius 3 is 2.04 bits per heavy atom. The Morgan fingerprint density at radius 1 is 1.04 bits per heavy atom. The van der Waals surface area contributed by atoms with Gasteiger partial charge >= 0.3 is 12.1 Å². The number of aliphatic carboxylic acids is 1. The number of nitrogens with zero attached hydrogens (tertiary/aromatic N) is 1. The molecule has 1 aliphatic rings. The number of fused-ring (bicyclic) bond motifs is 3. The molecule has 28 heavy (non-hydrogen) atoms. The van der Waals surface area contributed by atoms with Gasteiger partial charge in [0.05, 0.1) is 0 Å². The zero-order valence-electron chi connectivity index (χ0n) is 16.6. The molecule has 0 fully saturated rings. The molecule has 1 N–H and O–H groups in total. The normalized spacial score (nSPS) is 14.7. The van der Waals surface area contributed by atoms with Gasteiger partial charge in [0, 0.05) is 13.0 Å². The van der Waals surface area contributed by atoms with Gasteiger partial charge in [0.2, 0.25) is 0 Å². The van der Waals surface area contributed by atoms with E-state index in [4.69, 9.17) is 4.74 Å². The van der Waals surface area contributed by atoms with Crippen LogP contribution in [0.5, 0.6) is 0 Å². The van der Waals surface area contributed by atoms with Crippen molar-refractivity contribution in [3.05, 3.63) is 59.7 Å². The number of hydrogen-bond donors (Lipinski definition) is 1. The van der Waals surface area contributed by atoms with Crippen LogP contribution in [0.25, 0.3) is 11.1 Å². The summed E-state index contributed by atoms with van der Waals surface area (Å²) >= 11 is 0. The van der Waals surface area contributed by atoms with Crippen molar-refractivity contribution in [2.24, 2.45) is 0 Å². The number of carbonyl (C=O) groups excluding carboxylic acids is 1. The molecule has 0 bridgehead atoms. The SMILES string of the molecule is CCCC(CC)(C(=O)O)N(C)C(=O)OCC1c2ccccc2-c2ccccc21. The third-order valence-electron chi connectivity index (χ3n) is 5.90. The van der Waals surface area contributed by atoms with Gasteiger partial charge in [0.1, 0.15) is 12.1 Å². The molecule has 148 valence electrons. The fraction of sp³-hybridized carbons (Fsp3) is 0.391. The third kappa shape index (κ3) is 3.26. The lowest BCUT2D eigenvalue weighted by Gasteiger charge is -2.36. The molecule has 0 aromatic heterocycles. The van der Waals surface area contributed by atoms with Crippen LogP contribution >= 0.6 is 0 Å². The largest absolute Gasteiger partial charge is 0.479 e. The lowest BCUT2D eigenvalue weighted by atomic mass is 9.89. The quantitative estimate of drug-likeness (QED) is 0.741. The van der Waals surface area contributed by atoms with E-state index in [0.717, 1.165) is 22.3 Å². The van der Waals surface area contributed by atoms with Crippen LogP contribution in [0.15, 0.2) is 48.5 Å². The Morgan fingerprint density at radius 2 is 1.57 bits per heavy atom. The first-order valence-corrected chi connectivity index (χ1v) is 9.78. The standard InChI is InChI=1S/C23H27NO4/c1-4-14-23(5-2,21(25)26)24(3)22(27)28-15-20-18-12-8-6-10-16(18)17-11-7-9-13-19(17)20/h6-13,20H,4-5,14-15H2,1-3H3,(H,25,26). The highest BCUT2D eigenvalue weighted by molar-refractivity contribution is 5.84. The van der Waals surface area contributed by atoms with Crippen molar-refractivity contribution >= 4 is 12.1 Å². The topological polar surface area (TPSA) is 66.8 Å². The highest BCUT2D eigenvalue weighted by Gasteiger charge is 2.43. The zero-order chi connectivity index (χ0) is 20.3. The molecule has 1 atom stereocenters. The second-order valence-electron chi connectivity index (χ2n) is 7.30. The maximum Gasteiger partial charge on any atom is 0.410 e. The number of benzene rings is 2. The van der Waals surface area contributed by atoms with Gasteiger partial charge in [-0.25, -0.2) is 9.59 Å². The van der Waals surface area contributed by atoms with Gasteiger partial charge in [-0.15, -0.1) is 0 Å². The number of likely N-dealkylation sites (N-methyl/N-ethyl adjacent to an activating group) is 1. The highest BCUT2D eigenvalue weighted by Crippen LogP contribution is 2.44. The van der Waals surface area contributed by atoms with Crippen molar-refractivity contribution in [1.29, 1.82) is 0 Å². The molecule has 0 saturated carbocycles. The van der Waals surface area contributed by atoms with Gasteiger partial charge in [-0.1, -0.05) is 68.8 Å². The van der Waals surface area contributed by atoms with Crippen molar-refractivity contribution in [3.8, 4) is 11.1 Å². The Labute approximate surface area is 165 Å². The molecule has 3 rings (SSSR count). The minimum Gasteiger partial charge on any atom is -0.479 e. The molecule has 1 aliphatic carbocycles. The van der Waals surface area contributed by atoms with E-state index in [-0.39, 0.29) is 12.5 Å². The molecule has 5 heteroatoms. The smallest absolute Gasteiger partial charge is 0.410 e. The minimum atomic E-state index is -1.24. The second kappa shape index (κ2) is 8.05. The van der Waals surface area contributed by atoms with Gasteiger partial charge < -0.3 is 9.84 Å². The molecule has 5 nitrogen and oxygen atoms in total. The highest BCUT2D eigenvalue weighted by atomic mass is 16.6. The summed E-state index contributed by atoms with van der Waals surface area (Å²) in [5.41, 5.74) is 3.34. The van der Waals surface area contributed by atoms with Crippen LogP contribution in [0, 0.1) is 0 Å². The van der Waals surface area contributed by atoms with E-state index in [1.54, 1.807) is 6.92 Å². The lowest BCUT2D eigenvalue weighted by Crippen LogP contribution is -2.55. The van der Waals surface area contributed by atoms with Crippen LogP contribution in [0.3, 0.4) is 0 Å². The van der Waals surface area contributed by atoms with Crippen LogP contribution in [0.4, 0.5) is 4.79 Å². The molecule has 2 aromatic rings.